The number of nitrogens with zero attached hydrogens (tertiary/aromatic N) is 1. The average molecular weight is 286 g/mol. The van der Waals surface area contributed by atoms with Gasteiger partial charge in [0.05, 0.1) is 13.2 Å². The summed E-state index contributed by atoms with van der Waals surface area (Å²) in [6.07, 6.45) is 7.26. The minimum atomic E-state index is -0.104. The zero-order chi connectivity index (χ0) is 14.8. The summed E-state index contributed by atoms with van der Waals surface area (Å²) in [6.45, 7) is 8.57. The maximum absolute atomic E-state index is 9.55. The molecule has 0 heterocycles. The van der Waals surface area contributed by atoms with E-state index in [0.717, 1.165) is 38.6 Å². The fourth-order valence-corrected chi connectivity index (χ4v) is 2.61. The Morgan fingerprint density at radius 3 is 2.60 bits per heavy atom. The first-order valence-electron chi connectivity index (χ1n) is 8.24. The van der Waals surface area contributed by atoms with Crippen molar-refractivity contribution >= 4 is 0 Å². The molecule has 0 spiro atoms. The van der Waals surface area contributed by atoms with Crippen molar-refractivity contribution in [2.45, 2.75) is 64.0 Å². The van der Waals surface area contributed by atoms with E-state index in [9.17, 15) is 5.11 Å². The van der Waals surface area contributed by atoms with Gasteiger partial charge in [-0.3, -0.25) is 4.90 Å². The van der Waals surface area contributed by atoms with E-state index in [2.05, 4.69) is 24.1 Å². The monoisotopic (exact) mass is 286 g/mol. The van der Waals surface area contributed by atoms with Crippen LogP contribution in [0.15, 0.2) is 0 Å². The predicted octanol–water partition coefficient (Wildman–Crippen LogP) is 2.02. The zero-order valence-corrected chi connectivity index (χ0v) is 13.7. The number of rotatable bonds is 13. The summed E-state index contributed by atoms with van der Waals surface area (Å²) in [5, 5.41) is 13.0. The largest absolute Gasteiger partial charge is 0.394 e. The number of aliphatic hydroxyl groups excluding tert-OH is 1. The average Bonchev–Trinajstić information content (AvgIpc) is 3.29. The van der Waals surface area contributed by atoms with Gasteiger partial charge in [0, 0.05) is 25.2 Å². The van der Waals surface area contributed by atoms with Crippen LogP contribution >= 0.6 is 0 Å². The molecule has 0 amide bonds. The lowest BCUT2D eigenvalue weighted by Crippen LogP contribution is -2.46. The van der Waals surface area contributed by atoms with E-state index < -0.39 is 0 Å². The summed E-state index contributed by atoms with van der Waals surface area (Å²) in [6, 6.07) is 0.813. The van der Waals surface area contributed by atoms with Gasteiger partial charge in [-0.05, 0) is 52.1 Å². The molecule has 1 saturated carbocycles. The molecule has 0 saturated heterocycles. The van der Waals surface area contributed by atoms with Gasteiger partial charge in [0.15, 0.2) is 0 Å². The highest BCUT2D eigenvalue weighted by molar-refractivity contribution is 4.85. The maximum atomic E-state index is 9.55. The molecule has 1 fully saturated rings. The molecular formula is C16H34N2O2. The normalized spacial score (nSPS) is 18.4. The summed E-state index contributed by atoms with van der Waals surface area (Å²) in [5.74, 6) is 0. The Labute approximate surface area is 124 Å². The highest BCUT2D eigenvalue weighted by Gasteiger charge is 2.28. The summed E-state index contributed by atoms with van der Waals surface area (Å²) >= 11 is 0. The van der Waals surface area contributed by atoms with Crippen LogP contribution in [0.25, 0.3) is 0 Å². The molecule has 4 heteroatoms. The molecule has 4 nitrogen and oxygen atoms in total. The van der Waals surface area contributed by atoms with Gasteiger partial charge in [-0.25, -0.2) is 0 Å². The maximum Gasteiger partial charge on any atom is 0.0610 e. The van der Waals surface area contributed by atoms with Crippen LogP contribution in [0.3, 0.4) is 0 Å². The Morgan fingerprint density at radius 2 is 2.05 bits per heavy atom. The zero-order valence-electron chi connectivity index (χ0n) is 13.7. The second-order valence-corrected chi connectivity index (χ2v) is 6.36. The van der Waals surface area contributed by atoms with Crippen molar-refractivity contribution in [3.63, 3.8) is 0 Å². The van der Waals surface area contributed by atoms with Gasteiger partial charge in [-0.2, -0.15) is 0 Å². The fraction of sp³-hybridized carbons (Fsp3) is 1.00. The van der Waals surface area contributed by atoms with Crippen molar-refractivity contribution in [3.05, 3.63) is 0 Å². The number of hydrogen-bond donors (Lipinski definition) is 2. The molecule has 1 atom stereocenters. The molecule has 120 valence electrons. The Kier molecular flexibility index (Phi) is 8.69. The fourth-order valence-electron chi connectivity index (χ4n) is 2.61. The van der Waals surface area contributed by atoms with Gasteiger partial charge in [0.2, 0.25) is 0 Å². The van der Waals surface area contributed by atoms with Gasteiger partial charge < -0.3 is 15.2 Å². The summed E-state index contributed by atoms with van der Waals surface area (Å²) in [4.78, 5) is 2.57. The molecule has 0 bridgehead atoms. The predicted molar refractivity (Wildman–Crippen MR) is 84.1 cm³/mol. The van der Waals surface area contributed by atoms with Crippen molar-refractivity contribution < 1.29 is 9.84 Å². The first kappa shape index (κ1) is 17.9. The van der Waals surface area contributed by atoms with Gasteiger partial charge in [0.1, 0.15) is 0 Å². The number of ether oxygens (including phenoxy) is 1. The van der Waals surface area contributed by atoms with Gasteiger partial charge >= 0.3 is 0 Å². The van der Waals surface area contributed by atoms with E-state index in [1.54, 1.807) is 7.11 Å². The minimum Gasteiger partial charge on any atom is -0.394 e. The standard InChI is InChI=1S/C16H34N2O2/c1-4-10-17-16(2,14-19)9-5-6-11-18(12-13-20-3)15-7-8-15/h15,17,19H,4-14H2,1-3H3. The molecule has 0 radical (unpaired) electrons. The molecule has 0 aliphatic heterocycles. The number of aliphatic hydroxyl groups is 1. The van der Waals surface area contributed by atoms with E-state index in [0.29, 0.717) is 0 Å². The lowest BCUT2D eigenvalue weighted by atomic mass is 9.95. The van der Waals surface area contributed by atoms with Crippen molar-refractivity contribution in [3.8, 4) is 0 Å². The van der Waals surface area contributed by atoms with E-state index in [1.165, 1.54) is 32.2 Å². The smallest absolute Gasteiger partial charge is 0.0610 e. The third-order valence-corrected chi connectivity index (χ3v) is 4.22. The number of hydrogen-bond acceptors (Lipinski definition) is 4. The Balaban J connectivity index is 2.17. The van der Waals surface area contributed by atoms with Crippen LogP contribution < -0.4 is 5.32 Å². The Hall–Kier alpha value is -0.160. The second-order valence-electron chi connectivity index (χ2n) is 6.36. The number of methoxy groups -OCH3 is 1. The van der Waals surface area contributed by atoms with Crippen molar-refractivity contribution in [2.75, 3.05) is 40.0 Å². The van der Waals surface area contributed by atoms with E-state index in [-0.39, 0.29) is 12.1 Å². The molecule has 2 N–H and O–H groups in total. The molecule has 1 unspecified atom stereocenters. The quantitative estimate of drug-likeness (QED) is 0.509. The lowest BCUT2D eigenvalue weighted by molar-refractivity contribution is 0.138. The van der Waals surface area contributed by atoms with Crippen LogP contribution in [0.2, 0.25) is 0 Å². The lowest BCUT2D eigenvalue weighted by Gasteiger charge is -2.29. The molecule has 0 aromatic carbocycles. The summed E-state index contributed by atoms with van der Waals surface area (Å²) < 4.78 is 5.19. The Bertz CT molecular complexity index is 247. The van der Waals surface area contributed by atoms with Crippen molar-refractivity contribution in [1.29, 1.82) is 0 Å². The van der Waals surface area contributed by atoms with Gasteiger partial charge in [-0.1, -0.05) is 13.3 Å². The van der Waals surface area contributed by atoms with Crippen LogP contribution in [-0.4, -0.2) is 61.5 Å². The molecule has 20 heavy (non-hydrogen) atoms. The highest BCUT2D eigenvalue weighted by atomic mass is 16.5. The van der Waals surface area contributed by atoms with Crippen LogP contribution in [0.4, 0.5) is 0 Å². The molecular weight excluding hydrogens is 252 g/mol. The minimum absolute atomic E-state index is 0.104. The second kappa shape index (κ2) is 9.72. The molecule has 1 aliphatic rings. The third-order valence-electron chi connectivity index (χ3n) is 4.22. The topological polar surface area (TPSA) is 44.7 Å². The first-order chi connectivity index (χ1) is 9.65. The molecule has 1 aliphatic carbocycles. The molecule has 0 aromatic rings. The van der Waals surface area contributed by atoms with Crippen LogP contribution in [0.1, 0.15) is 52.4 Å². The van der Waals surface area contributed by atoms with Crippen LogP contribution in [0.5, 0.6) is 0 Å². The highest BCUT2D eigenvalue weighted by Crippen LogP contribution is 2.27. The third kappa shape index (κ3) is 7.02. The number of unbranched alkanes of at least 4 members (excludes halogenated alkanes) is 1. The van der Waals surface area contributed by atoms with Gasteiger partial charge in [0.25, 0.3) is 0 Å². The summed E-state index contributed by atoms with van der Waals surface area (Å²) in [7, 11) is 1.77. The first-order valence-corrected chi connectivity index (χ1v) is 8.24. The van der Waals surface area contributed by atoms with Crippen LogP contribution in [0, 0.1) is 0 Å². The van der Waals surface area contributed by atoms with Gasteiger partial charge in [-0.15, -0.1) is 0 Å². The van der Waals surface area contributed by atoms with Crippen molar-refractivity contribution in [1.82, 2.24) is 10.2 Å². The van der Waals surface area contributed by atoms with E-state index >= 15 is 0 Å². The van der Waals surface area contributed by atoms with Crippen LogP contribution in [-0.2, 0) is 4.74 Å². The molecule has 0 aromatic heterocycles. The van der Waals surface area contributed by atoms with E-state index in [4.69, 9.17) is 4.74 Å². The molecule has 1 rings (SSSR count). The SMILES string of the molecule is CCCNC(C)(CO)CCCCN(CCOC)C1CC1. The number of nitrogens with one attached hydrogen (secondary N) is 1. The Morgan fingerprint density at radius 1 is 1.30 bits per heavy atom. The van der Waals surface area contributed by atoms with Crippen molar-refractivity contribution in [2.24, 2.45) is 0 Å². The van der Waals surface area contributed by atoms with E-state index in [1.807, 2.05) is 0 Å². The summed E-state index contributed by atoms with van der Waals surface area (Å²) in [5.41, 5.74) is -0.104.